The van der Waals surface area contributed by atoms with Crippen molar-refractivity contribution in [2.75, 3.05) is 20.3 Å². The largest absolute Gasteiger partial charge is 0.481 e. The molecule has 6 nitrogen and oxygen atoms in total. The van der Waals surface area contributed by atoms with Gasteiger partial charge in [-0.15, -0.1) is 0 Å². The van der Waals surface area contributed by atoms with Crippen LogP contribution in [0, 0.1) is 0 Å². The average Bonchev–Trinajstić information content (AvgIpc) is 2.57. The molecule has 0 bridgehead atoms. The number of methoxy groups -OCH3 is 1. The number of carbonyl (C=O) groups is 1. The van der Waals surface area contributed by atoms with E-state index < -0.39 is 6.09 Å². The van der Waals surface area contributed by atoms with Gasteiger partial charge in [-0.1, -0.05) is 23.7 Å². The van der Waals surface area contributed by atoms with E-state index in [0.717, 1.165) is 14.9 Å². The maximum atomic E-state index is 11.2. The number of amides is 1. The quantitative estimate of drug-likeness (QED) is 0.752. The topological polar surface area (TPSA) is 82.9 Å². The van der Waals surface area contributed by atoms with Crippen molar-refractivity contribution in [3.63, 3.8) is 0 Å². The summed E-state index contributed by atoms with van der Waals surface area (Å²) in [6.45, 7) is -0.177. The Bertz CT molecular complexity index is 742. The zero-order valence-corrected chi connectivity index (χ0v) is 15.2. The minimum atomic E-state index is -1.12. The number of nitrogens with zero attached hydrogens (tertiary/aromatic N) is 2. The number of hydrogen-bond donors (Lipinski definition) is 2. The van der Waals surface area contributed by atoms with Crippen LogP contribution in [-0.4, -0.2) is 46.5 Å². The van der Waals surface area contributed by atoms with Gasteiger partial charge in [0.05, 0.1) is 31.0 Å². The third-order valence-corrected chi connectivity index (χ3v) is 4.66. The molecule has 1 aromatic heterocycles. The van der Waals surface area contributed by atoms with Crippen LogP contribution in [-0.2, 0) is 6.54 Å². The Balaban J connectivity index is 2.37. The van der Waals surface area contributed by atoms with E-state index in [4.69, 9.17) is 26.6 Å². The van der Waals surface area contributed by atoms with Gasteiger partial charge in [0, 0.05) is 22.1 Å². The molecule has 0 aliphatic carbocycles. The second kappa shape index (κ2) is 8.32. The van der Waals surface area contributed by atoms with Crippen LogP contribution in [0.4, 0.5) is 4.79 Å². The predicted molar refractivity (Wildman–Crippen MR) is 94.5 cm³/mol. The normalized spacial score (nSPS) is 10.5. The monoisotopic (exact) mass is 414 g/mol. The molecular formula is C16H16BrClN2O4. The van der Waals surface area contributed by atoms with Crippen LogP contribution in [0.1, 0.15) is 5.56 Å². The Kier molecular flexibility index (Phi) is 6.42. The Labute approximate surface area is 152 Å². The number of rotatable bonds is 6. The van der Waals surface area contributed by atoms with Crippen molar-refractivity contribution >= 4 is 33.6 Å². The first kappa shape index (κ1) is 18.5. The molecule has 1 aromatic carbocycles. The fourth-order valence-electron chi connectivity index (χ4n) is 2.19. The van der Waals surface area contributed by atoms with Gasteiger partial charge in [-0.05, 0) is 34.1 Å². The maximum Gasteiger partial charge on any atom is 0.407 e. The number of carboxylic acid groups (broad SMARTS) is 1. The highest BCUT2D eigenvalue weighted by Crippen LogP contribution is 2.34. The van der Waals surface area contributed by atoms with Crippen molar-refractivity contribution in [1.29, 1.82) is 0 Å². The summed E-state index contributed by atoms with van der Waals surface area (Å²) in [6, 6.07) is 9.01. The number of ether oxygens (including phenoxy) is 1. The maximum absolute atomic E-state index is 11.2. The molecule has 1 heterocycles. The molecule has 128 valence electrons. The molecule has 0 fully saturated rings. The Morgan fingerprint density at radius 2 is 2.12 bits per heavy atom. The lowest BCUT2D eigenvalue weighted by molar-refractivity contribution is 0.128. The van der Waals surface area contributed by atoms with Gasteiger partial charge in [-0.3, -0.25) is 0 Å². The number of pyridine rings is 1. The molecule has 0 aliphatic rings. The third kappa shape index (κ3) is 4.17. The van der Waals surface area contributed by atoms with Gasteiger partial charge in [0.15, 0.2) is 0 Å². The van der Waals surface area contributed by atoms with E-state index in [-0.39, 0.29) is 19.7 Å². The molecule has 0 saturated carbocycles. The van der Waals surface area contributed by atoms with Crippen LogP contribution < -0.4 is 4.74 Å². The van der Waals surface area contributed by atoms with Crippen LogP contribution in [0.2, 0.25) is 5.02 Å². The van der Waals surface area contributed by atoms with E-state index in [2.05, 4.69) is 20.9 Å². The summed E-state index contributed by atoms with van der Waals surface area (Å²) < 4.78 is 6.04. The first-order valence-corrected chi connectivity index (χ1v) is 8.22. The second-order valence-corrected chi connectivity index (χ2v) is 6.13. The highest BCUT2D eigenvalue weighted by molar-refractivity contribution is 9.10. The van der Waals surface area contributed by atoms with E-state index in [1.807, 2.05) is 18.2 Å². The first-order chi connectivity index (χ1) is 11.5. The summed E-state index contributed by atoms with van der Waals surface area (Å²) in [6.07, 6.45) is -1.12. The van der Waals surface area contributed by atoms with Crippen molar-refractivity contribution in [3.8, 4) is 17.1 Å². The van der Waals surface area contributed by atoms with E-state index in [1.165, 1.54) is 7.11 Å². The summed E-state index contributed by atoms with van der Waals surface area (Å²) in [7, 11) is 1.47. The smallest absolute Gasteiger partial charge is 0.407 e. The third-order valence-electron chi connectivity index (χ3n) is 3.36. The molecule has 24 heavy (non-hydrogen) atoms. The molecule has 1 amide bonds. The Morgan fingerprint density at radius 1 is 1.38 bits per heavy atom. The molecule has 8 heteroatoms. The van der Waals surface area contributed by atoms with Crippen molar-refractivity contribution in [1.82, 2.24) is 9.88 Å². The molecule has 0 unspecified atom stereocenters. The second-order valence-electron chi connectivity index (χ2n) is 4.89. The summed E-state index contributed by atoms with van der Waals surface area (Å²) in [4.78, 5) is 16.7. The van der Waals surface area contributed by atoms with Crippen molar-refractivity contribution in [2.45, 2.75) is 6.54 Å². The number of halogens is 2. The highest BCUT2D eigenvalue weighted by Gasteiger charge is 2.17. The van der Waals surface area contributed by atoms with Crippen molar-refractivity contribution < 1.29 is 19.7 Å². The number of benzene rings is 1. The van der Waals surface area contributed by atoms with E-state index >= 15 is 0 Å². The van der Waals surface area contributed by atoms with E-state index in [9.17, 15) is 4.79 Å². The summed E-state index contributed by atoms with van der Waals surface area (Å²) >= 11 is 9.66. The molecule has 0 atom stereocenters. The number of aromatic nitrogens is 1. The van der Waals surface area contributed by atoms with Gasteiger partial charge < -0.3 is 19.8 Å². The van der Waals surface area contributed by atoms with Gasteiger partial charge >= 0.3 is 6.09 Å². The minimum Gasteiger partial charge on any atom is -0.481 e. The lowest BCUT2D eigenvalue weighted by Crippen LogP contribution is -2.31. The minimum absolute atomic E-state index is 0.0116. The van der Waals surface area contributed by atoms with Crippen LogP contribution >= 0.6 is 27.5 Å². The summed E-state index contributed by atoms with van der Waals surface area (Å²) in [5.74, 6) is 0.313. The lowest BCUT2D eigenvalue weighted by Gasteiger charge is -2.19. The SMILES string of the molecule is COc1nc(-c2cccc(Br)c2Cl)ccc1CN(CCO)C(=O)O. The summed E-state index contributed by atoms with van der Waals surface area (Å²) in [5.41, 5.74) is 1.95. The Morgan fingerprint density at radius 3 is 2.75 bits per heavy atom. The molecule has 2 N–H and O–H groups in total. The zero-order chi connectivity index (χ0) is 17.7. The van der Waals surface area contributed by atoms with E-state index in [0.29, 0.717) is 22.2 Å². The van der Waals surface area contributed by atoms with Crippen LogP contribution in [0.3, 0.4) is 0 Å². The molecule has 2 rings (SSSR count). The van der Waals surface area contributed by atoms with Gasteiger partial charge in [0.2, 0.25) is 5.88 Å². The van der Waals surface area contributed by atoms with E-state index in [1.54, 1.807) is 12.1 Å². The van der Waals surface area contributed by atoms with Gasteiger partial charge in [-0.25, -0.2) is 9.78 Å². The molecule has 0 radical (unpaired) electrons. The zero-order valence-electron chi connectivity index (χ0n) is 12.9. The Hall–Kier alpha value is -1.83. The lowest BCUT2D eigenvalue weighted by atomic mass is 10.1. The van der Waals surface area contributed by atoms with Crippen molar-refractivity contribution in [2.24, 2.45) is 0 Å². The predicted octanol–water partition coefficient (Wildman–Crippen LogP) is 3.65. The van der Waals surface area contributed by atoms with Crippen molar-refractivity contribution in [3.05, 3.63) is 45.4 Å². The summed E-state index contributed by atoms with van der Waals surface area (Å²) in [5, 5.41) is 18.7. The van der Waals surface area contributed by atoms with Crippen LogP contribution in [0.5, 0.6) is 5.88 Å². The van der Waals surface area contributed by atoms with Crippen LogP contribution in [0.25, 0.3) is 11.3 Å². The number of aliphatic hydroxyl groups is 1. The van der Waals surface area contributed by atoms with Gasteiger partial charge in [0.1, 0.15) is 0 Å². The molecule has 0 aliphatic heterocycles. The molecule has 2 aromatic rings. The highest BCUT2D eigenvalue weighted by atomic mass is 79.9. The van der Waals surface area contributed by atoms with Gasteiger partial charge in [-0.2, -0.15) is 0 Å². The first-order valence-electron chi connectivity index (χ1n) is 7.05. The number of hydrogen-bond acceptors (Lipinski definition) is 4. The molecular weight excluding hydrogens is 400 g/mol. The molecule has 0 saturated heterocycles. The number of aliphatic hydroxyl groups excluding tert-OH is 1. The fraction of sp³-hybridized carbons (Fsp3) is 0.250. The fourth-order valence-corrected chi connectivity index (χ4v) is 2.78. The average molecular weight is 416 g/mol. The standard InChI is InChI=1S/C16H16BrClN2O4/c1-24-15-10(9-20(7-8-21)16(22)23)5-6-13(19-15)11-3-2-4-12(17)14(11)18/h2-6,21H,7-9H2,1H3,(H,22,23). The molecule has 0 spiro atoms. The van der Waals surface area contributed by atoms with Crippen LogP contribution in [0.15, 0.2) is 34.8 Å². The van der Waals surface area contributed by atoms with Gasteiger partial charge in [0.25, 0.3) is 0 Å².